The van der Waals surface area contributed by atoms with Gasteiger partial charge in [-0.05, 0) is 56.5 Å². The van der Waals surface area contributed by atoms with E-state index in [4.69, 9.17) is 11.6 Å². The maximum absolute atomic E-state index is 6.30. The van der Waals surface area contributed by atoms with Crippen molar-refractivity contribution >= 4 is 29.1 Å². The highest BCUT2D eigenvalue weighted by Gasteiger charge is 2.12. The number of benzene rings is 1. The van der Waals surface area contributed by atoms with Crippen molar-refractivity contribution in [2.75, 3.05) is 10.6 Å². The van der Waals surface area contributed by atoms with Crippen LogP contribution in [0.3, 0.4) is 0 Å². The summed E-state index contributed by atoms with van der Waals surface area (Å²) >= 11 is 6.30. The molecule has 2 heterocycles. The van der Waals surface area contributed by atoms with Crippen LogP contribution in [0.15, 0.2) is 42.6 Å². The molecule has 3 aromatic rings. The number of aryl methyl sites for hydroxylation is 1. The Morgan fingerprint density at radius 3 is 2.59 bits per heavy atom. The molecule has 1 atom stereocenters. The molecule has 0 amide bonds. The predicted octanol–water partition coefficient (Wildman–Crippen LogP) is 5.76. The van der Waals surface area contributed by atoms with E-state index in [9.17, 15) is 0 Å². The summed E-state index contributed by atoms with van der Waals surface area (Å²) in [6.45, 7) is 8.27. The molecule has 0 saturated heterocycles. The third kappa shape index (κ3) is 4.55. The second-order valence-corrected chi connectivity index (χ2v) is 7.03. The molecular formula is C21H24ClN5. The molecule has 3 rings (SSSR count). The summed E-state index contributed by atoms with van der Waals surface area (Å²) in [4.78, 5) is 13.7. The molecule has 0 radical (unpaired) electrons. The molecule has 0 unspecified atom stereocenters. The number of pyridine rings is 1. The van der Waals surface area contributed by atoms with Gasteiger partial charge in [-0.1, -0.05) is 30.7 Å². The third-order valence-corrected chi connectivity index (χ3v) is 4.91. The molecule has 140 valence electrons. The van der Waals surface area contributed by atoms with E-state index in [1.54, 1.807) is 6.20 Å². The van der Waals surface area contributed by atoms with Crippen LogP contribution in [0.2, 0.25) is 5.02 Å². The molecule has 0 aliphatic heterocycles. The Bertz CT molecular complexity index is 927. The number of halogens is 1. The van der Waals surface area contributed by atoms with E-state index in [2.05, 4.69) is 39.4 Å². The fourth-order valence-corrected chi connectivity index (χ4v) is 2.84. The maximum Gasteiger partial charge on any atom is 0.225 e. The second-order valence-electron chi connectivity index (χ2n) is 6.62. The van der Waals surface area contributed by atoms with Gasteiger partial charge < -0.3 is 10.6 Å². The van der Waals surface area contributed by atoms with Crippen molar-refractivity contribution in [3.8, 4) is 11.4 Å². The monoisotopic (exact) mass is 381 g/mol. The lowest BCUT2D eigenvalue weighted by Gasteiger charge is -2.16. The number of nitrogens with one attached hydrogen (secondary N) is 2. The Hall–Kier alpha value is -2.66. The van der Waals surface area contributed by atoms with Gasteiger partial charge in [0, 0.05) is 29.0 Å². The lowest BCUT2D eigenvalue weighted by atomic mass is 10.1. The number of nitrogens with zero attached hydrogens (tertiary/aromatic N) is 3. The minimum atomic E-state index is 0.270. The molecule has 5 nitrogen and oxygen atoms in total. The van der Waals surface area contributed by atoms with Gasteiger partial charge in [-0.15, -0.1) is 0 Å². The van der Waals surface area contributed by atoms with Crippen LogP contribution in [-0.2, 0) is 0 Å². The Kier molecular flexibility index (Phi) is 5.91. The average molecular weight is 382 g/mol. The molecule has 0 bridgehead atoms. The fourth-order valence-electron chi connectivity index (χ4n) is 2.69. The van der Waals surface area contributed by atoms with Crippen molar-refractivity contribution in [3.63, 3.8) is 0 Å². The zero-order chi connectivity index (χ0) is 19.4. The first-order valence-corrected chi connectivity index (χ1v) is 9.45. The fraction of sp³-hybridized carbons (Fsp3) is 0.286. The average Bonchev–Trinajstić information content (AvgIpc) is 2.68. The summed E-state index contributed by atoms with van der Waals surface area (Å²) < 4.78 is 0. The van der Waals surface area contributed by atoms with E-state index in [0.29, 0.717) is 11.8 Å². The van der Waals surface area contributed by atoms with Crippen LogP contribution >= 0.6 is 11.6 Å². The molecular weight excluding hydrogens is 358 g/mol. The number of hydrogen-bond acceptors (Lipinski definition) is 5. The van der Waals surface area contributed by atoms with Crippen molar-refractivity contribution < 1.29 is 0 Å². The minimum absolute atomic E-state index is 0.270. The van der Waals surface area contributed by atoms with Gasteiger partial charge in [-0.2, -0.15) is 4.98 Å². The zero-order valence-electron chi connectivity index (χ0n) is 16.0. The quantitative estimate of drug-likeness (QED) is 0.568. The van der Waals surface area contributed by atoms with Crippen molar-refractivity contribution in [2.45, 2.75) is 40.2 Å². The Balaban J connectivity index is 2.04. The van der Waals surface area contributed by atoms with Gasteiger partial charge >= 0.3 is 0 Å². The van der Waals surface area contributed by atoms with Crippen molar-refractivity contribution in [1.82, 2.24) is 15.0 Å². The molecule has 6 heteroatoms. The first-order chi connectivity index (χ1) is 13.0. The third-order valence-electron chi connectivity index (χ3n) is 4.50. The summed E-state index contributed by atoms with van der Waals surface area (Å²) in [5, 5.41) is 7.49. The summed E-state index contributed by atoms with van der Waals surface area (Å²) in [6.07, 6.45) is 2.74. The van der Waals surface area contributed by atoms with E-state index in [1.165, 1.54) is 0 Å². The standard InChI is InChI=1S/C21H24ClN5/c1-5-14(3)24-21-25-18(17-8-6-7-11-23-17)12-19(27-21)26-20-13(2)9-10-16(22)15(20)4/h6-12,14H,5H2,1-4H3,(H2,24,25,26,27)/t14-/m0/s1. The van der Waals surface area contributed by atoms with Crippen LogP contribution in [0.1, 0.15) is 31.4 Å². The largest absolute Gasteiger partial charge is 0.352 e. The van der Waals surface area contributed by atoms with Crippen LogP contribution in [0.5, 0.6) is 0 Å². The number of anilines is 3. The highest BCUT2D eigenvalue weighted by atomic mass is 35.5. The normalized spacial score (nSPS) is 11.9. The SMILES string of the molecule is CC[C@H](C)Nc1nc(Nc2c(C)ccc(Cl)c2C)cc(-c2ccccn2)n1. The molecule has 0 aliphatic rings. The van der Waals surface area contributed by atoms with Crippen LogP contribution < -0.4 is 10.6 Å². The molecule has 2 aromatic heterocycles. The smallest absolute Gasteiger partial charge is 0.225 e. The van der Waals surface area contributed by atoms with E-state index < -0.39 is 0 Å². The molecule has 0 saturated carbocycles. The van der Waals surface area contributed by atoms with Gasteiger partial charge in [-0.25, -0.2) is 4.98 Å². The topological polar surface area (TPSA) is 62.7 Å². The van der Waals surface area contributed by atoms with Gasteiger partial charge in [0.2, 0.25) is 5.95 Å². The molecule has 0 aliphatic carbocycles. The van der Waals surface area contributed by atoms with Gasteiger partial charge in [0.1, 0.15) is 5.82 Å². The Labute approximate surface area is 165 Å². The highest BCUT2D eigenvalue weighted by Crippen LogP contribution is 2.30. The van der Waals surface area contributed by atoms with Crippen molar-refractivity contribution in [3.05, 3.63) is 58.7 Å². The van der Waals surface area contributed by atoms with Gasteiger partial charge in [0.25, 0.3) is 0 Å². The zero-order valence-corrected chi connectivity index (χ0v) is 16.8. The predicted molar refractivity (Wildman–Crippen MR) is 113 cm³/mol. The Morgan fingerprint density at radius 2 is 1.89 bits per heavy atom. The second kappa shape index (κ2) is 8.35. The Morgan fingerprint density at radius 1 is 1.07 bits per heavy atom. The summed E-state index contributed by atoms with van der Waals surface area (Å²) in [6, 6.07) is 11.9. The minimum Gasteiger partial charge on any atom is -0.352 e. The van der Waals surface area contributed by atoms with Crippen LogP contribution in [-0.4, -0.2) is 21.0 Å². The number of rotatable bonds is 6. The van der Waals surface area contributed by atoms with Crippen molar-refractivity contribution in [2.24, 2.45) is 0 Å². The molecule has 2 N–H and O–H groups in total. The summed E-state index contributed by atoms with van der Waals surface area (Å²) in [5.41, 5.74) is 4.62. The van der Waals surface area contributed by atoms with Gasteiger partial charge in [-0.3, -0.25) is 4.98 Å². The molecule has 1 aromatic carbocycles. The van der Waals surface area contributed by atoms with E-state index in [0.717, 1.165) is 39.6 Å². The molecule has 27 heavy (non-hydrogen) atoms. The summed E-state index contributed by atoms with van der Waals surface area (Å²) in [5.74, 6) is 1.28. The van der Waals surface area contributed by atoms with Gasteiger partial charge in [0.15, 0.2) is 0 Å². The number of aromatic nitrogens is 3. The van der Waals surface area contributed by atoms with Crippen molar-refractivity contribution in [1.29, 1.82) is 0 Å². The first-order valence-electron chi connectivity index (χ1n) is 9.07. The highest BCUT2D eigenvalue weighted by molar-refractivity contribution is 6.31. The van der Waals surface area contributed by atoms with Gasteiger partial charge in [0.05, 0.1) is 11.4 Å². The first kappa shape index (κ1) is 19.1. The van der Waals surface area contributed by atoms with E-state index in [-0.39, 0.29) is 6.04 Å². The molecule has 0 fully saturated rings. The lowest BCUT2D eigenvalue weighted by Crippen LogP contribution is -2.16. The van der Waals surface area contributed by atoms with Crippen LogP contribution in [0.25, 0.3) is 11.4 Å². The molecule has 0 spiro atoms. The van der Waals surface area contributed by atoms with Crippen LogP contribution in [0, 0.1) is 13.8 Å². The van der Waals surface area contributed by atoms with E-state index in [1.807, 2.05) is 50.2 Å². The van der Waals surface area contributed by atoms with E-state index >= 15 is 0 Å². The lowest BCUT2D eigenvalue weighted by molar-refractivity contribution is 0.753. The maximum atomic E-state index is 6.30. The van der Waals surface area contributed by atoms with Crippen LogP contribution in [0.4, 0.5) is 17.5 Å². The summed E-state index contributed by atoms with van der Waals surface area (Å²) in [7, 11) is 0. The number of hydrogen-bond donors (Lipinski definition) is 2.